The van der Waals surface area contributed by atoms with Crippen molar-refractivity contribution in [3.8, 4) is 0 Å². The van der Waals surface area contributed by atoms with E-state index in [2.05, 4.69) is 19.2 Å². The van der Waals surface area contributed by atoms with Gasteiger partial charge in [-0.1, -0.05) is 39.5 Å². The molecule has 1 rings (SSSR count). The topological polar surface area (TPSA) is 21.3 Å². The molecule has 0 saturated heterocycles. The minimum Gasteiger partial charge on any atom is -0.384 e. The van der Waals surface area contributed by atoms with Crippen LogP contribution in [-0.2, 0) is 4.74 Å². The highest BCUT2D eigenvalue weighted by atomic mass is 16.5. The number of ether oxygens (including phenoxy) is 1. The molecule has 1 N–H and O–H groups in total. The second-order valence-electron chi connectivity index (χ2n) is 5.83. The summed E-state index contributed by atoms with van der Waals surface area (Å²) >= 11 is 0. The fourth-order valence-electron chi connectivity index (χ4n) is 3.10. The van der Waals surface area contributed by atoms with Gasteiger partial charge in [0.05, 0.1) is 0 Å². The van der Waals surface area contributed by atoms with E-state index >= 15 is 0 Å². The van der Waals surface area contributed by atoms with E-state index in [-0.39, 0.29) is 0 Å². The van der Waals surface area contributed by atoms with Gasteiger partial charge in [0.1, 0.15) is 0 Å². The molecule has 2 unspecified atom stereocenters. The summed E-state index contributed by atoms with van der Waals surface area (Å²) in [6.07, 6.45) is 9.72. The summed E-state index contributed by atoms with van der Waals surface area (Å²) in [6, 6.07) is 0.711. The molecule has 0 radical (unpaired) electrons. The maximum atomic E-state index is 5.25. The number of hydrogen-bond acceptors (Lipinski definition) is 2. The monoisotopic (exact) mass is 241 g/mol. The van der Waals surface area contributed by atoms with Gasteiger partial charge in [0.15, 0.2) is 0 Å². The molecule has 2 heteroatoms. The number of hydrogen-bond donors (Lipinski definition) is 1. The first-order valence-electron chi connectivity index (χ1n) is 7.48. The summed E-state index contributed by atoms with van der Waals surface area (Å²) < 4.78 is 5.25. The molecular weight excluding hydrogens is 210 g/mol. The van der Waals surface area contributed by atoms with Gasteiger partial charge < -0.3 is 10.1 Å². The van der Waals surface area contributed by atoms with Crippen LogP contribution in [0.3, 0.4) is 0 Å². The van der Waals surface area contributed by atoms with Crippen LogP contribution in [0.1, 0.15) is 58.8 Å². The summed E-state index contributed by atoms with van der Waals surface area (Å²) in [6.45, 7) is 6.61. The molecule has 2 atom stereocenters. The molecule has 102 valence electrons. The first-order valence-corrected chi connectivity index (χ1v) is 7.48. The van der Waals surface area contributed by atoms with Crippen molar-refractivity contribution in [1.82, 2.24) is 5.32 Å². The van der Waals surface area contributed by atoms with E-state index in [1.165, 1.54) is 44.9 Å². The highest BCUT2D eigenvalue weighted by Gasteiger charge is 2.21. The van der Waals surface area contributed by atoms with Gasteiger partial charge in [0.2, 0.25) is 0 Å². The molecule has 0 aromatic rings. The quantitative estimate of drug-likeness (QED) is 0.666. The average Bonchev–Trinajstić information content (AvgIpc) is 2.79. The molecule has 2 nitrogen and oxygen atoms in total. The fourth-order valence-corrected chi connectivity index (χ4v) is 3.10. The normalized spacial score (nSPS) is 20.6. The molecular formula is C15H31NO. The molecule has 0 aromatic carbocycles. The third-order valence-electron chi connectivity index (χ3n) is 3.91. The van der Waals surface area contributed by atoms with Gasteiger partial charge in [0.25, 0.3) is 0 Å². The van der Waals surface area contributed by atoms with E-state index in [0.29, 0.717) is 12.0 Å². The Morgan fingerprint density at radius 2 is 2.00 bits per heavy atom. The lowest BCUT2D eigenvalue weighted by Crippen LogP contribution is -2.33. The van der Waals surface area contributed by atoms with Gasteiger partial charge >= 0.3 is 0 Å². The standard InChI is InChI=1S/C15H31NO/c1-4-9-16-15(10-13(2)12-17-3)11-14-7-5-6-8-14/h13-16H,4-12H2,1-3H3. The smallest absolute Gasteiger partial charge is 0.0488 e. The zero-order valence-corrected chi connectivity index (χ0v) is 12.0. The van der Waals surface area contributed by atoms with Crippen LogP contribution in [0.25, 0.3) is 0 Å². The van der Waals surface area contributed by atoms with Crippen molar-refractivity contribution in [2.24, 2.45) is 11.8 Å². The Kier molecular flexibility index (Phi) is 7.87. The van der Waals surface area contributed by atoms with Gasteiger partial charge in [-0.15, -0.1) is 0 Å². The summed E-state index contributed by atoms with van der Waals surface area (Å²) in [5, 5.41) is 3.73. The van der Waals surface area contributed by atoms with Crippen LogP contribution in [0.2, 0.25) is 0 Å². The van der Waals surface area contributed by atoms with Crippen LogP contribution < -0.4 is 5.32 Å². The lowest BCUT2D eigenvalue weighted by atomic mass is 9.92. The minimum absolute atomic E-state index is 0.677. The predicted molar refractivity (Wildman–Crippen MR) is 74.3 cm³/mol. The molecule has 0 heterocycles. The fraction of sp³-hybridized carbons (Fsp3) is 1.00. The van der Waals surface area contributed by atoms with Crippen molar-refractivity contribution in [3.05, 3.63) is 0 Å². The van der Waals surface area contributed by atoms with Crippen molar-refractivity contribution in [1.29, 1.82) is 0 Å². The first-order chi connectivity index (χ1) is 8.26. The van der Waals surface area contributed by atoms with Crippen molar-refractivity contribution < 1.29 is 4.74 Å². The molecule has 0 aliphatic heterocycles. The summed E-state index contributed by atoms with van der Waals surface area (Å²) in [5.41, 5.74) is 0. The lowest BCUT2D eigenvalue weighted by Gasteiger charge is -2.24. The third-order valence-corrected chi connectivity index (χ3v) is 3.91. The highest BCUT2D eigenvalue weighted by Crippen LogP contribution is 2.29. The predicted octanol–water partition coefficient (Wildman–Crippen LogP) is 3.61. The Morgan fingerprint density at radius 3 is 2.59 bits per heavy atom. The molecule has 1 fully saturated rings. The Hall–Kier alpha value is -0.0800. The van der Waals surface area contributed by atoms with E-state index in [4.69, 9.17) is 4.74 Å². The number of nitrogens with one attached hydrogen (secondary N) is 1. The second-order valence-corrected chi connectivity index (χ2v) is 5.83. The second kappa shape index (κ2) is 8.93. The van der Waals surface area contributed by atoms with Crippen molar-refractivity contribution >= 4 is 0 Å². The number of methoxy groups -OCH3 is 1. The Balaban J connectivity index is 2.30. The maximum Gasteiger partial charge on any atom is 0.0488 e. The van der Waals surface area contributed by atoms with Crippen LogP contribution >= 0.6 is 0 Å². The van der Waals surface area contributed by atoms with E-state index in [1.807, 2.05) is 7.11 Å². The van der Waals surface area contributed by atoms with E-state index in [9.17, 15) is 0 Å². The number of rotatable bonds is 9. The molecule has 17 heavy (non-hydrogen) atoms. The average molecular weight is 241 g/mol. The third kappa shape index (κ3) is 6.42. The zero-order chi connectivity index (χ0) is 12.5. The lowest BCUT2D eigenvalue weighted by molar-refractivity contribution is 0.146. The largest absolute Gasteiger partial charge is 0.384 e. The van der Waals surface area contributed by atoms with Crippen LogP contribution in [0.5, 0.6) is 0 Å². The van der Waals surface area contributed by atoms with Crippen LogP contribution in [0.15, 0.2) is 0 Å². The summed E-state index contributed by atoms with van der Waals surface area (Å²) in [7, 11) is 1.81. The Bertz CT molecular complexity index is 178. The van der Waals surface area contributed by atoms with Gasteiger partial charge in [-0.05, 0) is 37.6 Å². The van der Waals surface area contributed by atoms with Crippen LogP contribution in [0, 0.1) is 11.8 Å². The van der Waals surface area contributed by atoms with Crippen molar-refractivity contribution in [3.63, 3.8) is 0 Å². The van der Waals surface area contributed by atoms with Gasteiger partial charge in [-0.25, -0.2) is 0 Å². The Labute approximate surface area is 108 Å². The SMILES string of the molecule is CCCNC(CC(C)COC)CC1CCCC1. The summed E-state index contributed by atoms with van der Waals surface area (Å²) in [5.74, 6) is 1.66. The Morgan fingerprint density at radius 1 is 1.29 bits per heavy atom. The summed E-state index contributed by atoms with van der Waals surface area (Å²) in [4.78, 5) is 0. The zero-order valence-electron chi connectivity index (χ0n) is 12.0. The molecule has 1 saturated carbocycles. The van der Waals surface area contributed by atoms with E-state index in [0.717, 1.165) is 19.1 Å². The molecule has 1 aliphatic rings. The highest BCUT2D eigenvalue weighted by molar-refractivity contribution is 4.77. The van der Waals surface area contributed by atoms with Gasteiger partial charge in [-0.2, -0.15) is 0 Å². The molecule has 0 amide bonds. The van der Waals surface area contributed by atoms with E-state index in [1.54, 1.807) is 0 Å². The maximum absolute atomic E-state index is 5.25. The van der Waals surface area contributed by atoms with Gasteiger partial charge in [-0.3, -0.25) is 0 Å². The molecule has 0 aromatic heterocycles. The van der Waals surface area contributed by atoms with Crippen LogP contribution in [0.4, 0.5) is 0 Å². The van der Waals surface area contributed by atoms with E-state index < -0.39 is 0 Å². The molecule has 1 aliphatic carbocycles. The van der Waals surface area contributed by atoms with Crippen LogP contribution in [-0.4, -0.2) is 26.3 Å². The van der Waals surface area contributed by atoms with Gasteiger partial charge in [0, 0.05) is 19.8 Å². The van der Waals surface area contributed by atoms with Crippen molar-refractivity contribution in [2.45, 2.75) is 64.8 Å². The minimum atomic E-state index is 0.677. The molecule has 0 spiro atoms. The molecule has 0 bridgehead atoms. The first kappa shape index (κ1) is 15.0. The van der Waals surface area contributed by atoms with Crippen molar-refractivity contribution in [2.75, 3.05) is 20.3 Å².